The van der Waals surface area contributed by atoms with Crippen molar-refractivity contribution in [2.24, 2.45) is 0 Å². The number of anilines is 1. The number of aromatic nitrogens is 1. The molecule has 5 nitrogen and oxygen atoms in total. The SMILES string of the molecule is COc1ccc(-c2cnc(-c3ccccc3C(=O)Nc3ccccc3SC)o2)cc1. The molecule has 30 heavy (non-hydrogen) atoms. The average Bonchev–Trinajstić information content (AvgIpc) is 3.29. The van der Waals surface area contributed by atoms with Gasteiger partial charge in [-0.15, -0.1) is 11.8 Å². The fraction of sp³-hybridized carbons (Fsp3) is 0.0833. The molecular formula is C24H20N2O3S. The topological polar surface area (TPSA) is 64.4 Å². The van der Waals surface area contributed by atoms with Crippen molar-refractivity contribution < 1.29 is 13.9 Å². The van der Waals surface area contributed by atoms with Gasteiger partial charge in [-0.05, 0) is 54.8 Å². The van der Waals surface area contributed by atoms with Crippen LogP contribution in [0.25, 0.3) is 22.8 Å². The zero-order chi connectivity index (χ0) is 20.9. The summed E-state index contributed by atoms with van der Waals surface area (Å²) in [5, 5.41) is 3.00. The van der Waals surface area contributed by atoms with Gasteiger partial charge in [0.1, 0.15) is 5.75 Å². The van der Waals surface area contributed by atoms with Gasteiger partial charge in [-0.25, -0.2) is 4.98 Å². The number of para-hydroxylation sites is 1. The van der Waals surface area contributed by atoms with Gasteiger partial charge in [0.05, 0.1) is 24.6 Å². The van der Waals surface area contributed by atoms with Crippen LogP contribution in [-0.2, 0) is 0 Å². The lowest BCUT2D eigenvalue weighted by molar-refractivity contribution is 0.102. The summed E-state index contributed by atoms with van der Waals surface area (Å²) in [6, 6.07) is 22.5. The van der Waals surface area contributed by atoms with Crippen LogP contribution in [0.1, 0.15) is 10.4 Å². The molecule has 0 saturated heterocycles. The smallest absolute Gasteiger partial charge is 0.256 e. The number of hydrogen-bond donors (Lipinski definition) is 1. The molecule has 0 unspecified atom stereocenters. The summed E-state index contributed by atoms with van der Waals surface area (Å²) in [6.07, 6.45) is 3.64. The number of rotatable bonds is 6. The van der Waals surface area contributed by atoms with Crippen LogP contribution in [-0.4, -0.2) is 24.3 Å². The number of hydrogen-bond acceptors (Lipinski definition) is 5. The standard InChI is InChI=1S/C24H20N2O3S/c1-28-17-13-11-16(12-14-17)21-15-25-24(29-21)19-8-4-3-7-18(19)23(27)26-20-9-5-6-10-22(20)30-2/h3-15H,1-2H3,(H,26,27). The summed E-state index contributed by atoms with van der Waals surface area (Å²) in [7, 11) is 1.63. The average molecular weight is 417 g/mol. The van der Waals surface area contributed by atoms with E-state index in [-0.39, 0.29) is 5.91 Å². The van der Waals surface area contributed by atoms with Gasteiger partial charge in [-0.2, -0.15) is 0 Å². The first-order valence-corrected chi connectivity index (χ1v) is 10.6. The second-order valence-corrected chi connectivity index (χ2v) is 7.31. The lowest BCUT2D eigenvalue weighted by Crippen LogP contribution is -2.13. The lowest BCUT2D eigenvalue weighted by atomic mass is 10.1. The lowest BCUT2D eigenvalue weighted by Gasteiger charge is -2.11. The molecule has 0 saturated carbocycles. The zero-order valence-electron chi connectivity index (χ0n) is 16.6. The largest absolute Gasteiger partial charge is 0.497 e. The fourth-order valence-corrected chi connectivity index (χ4v) is 3.65. The Labute approximate surface area is 179 Å². The highest BCUT2D eigenvalue weighted by Crippen LogP contribution is 2.30. The van der Waals surface area contributed by atoms with E-state index in [1.54, 1.807) is 31.1 Å². The van der Waals surface area contributed by atoms with Crippen molar-refractivity contribution in [1.29, 1.82) is 0 Å². The highest BCUT2D eigenvalue weighted by molar-refractivity contribution is 7.98. The molecule has 0 bridgehead atoms. The van der Waals surface area contributed by atoms with E-state index >= 15 is 0 Å². The van der Waals surface area contributed by atoms with E-state index < -0.39 is 0 Å². The molecular weight excluding hydrogens is 396 g/mol. The summed E-state index contributed by atoms with van der Waals surface area (Å²) >= 11 is 1.58. The molecule has 1 amide bonds. The number of nitrogens with one attached hydrogen (secondary N) is 1. The molecule has 0 atom stereocenters. The Kier molecular flexibility index (Phi) is 5.86. The van der Waals surface area contributed by atoms with Crippen LogP contribution in [0.5, 0.6) is 5.75 Å². The second-order valence-electron chi connectivity index (χ2n) is 6.46. The van der Waals surface area contributed by atoms with Gasteiger partial charge in [-0.1, -0.05) is 24.3 Å². The highest BCUT2D eigenvalue weighted by atomic mass is 32.2. The first kappa shape index (κ1) is 19.8. The van der Waals surface area contributed by atoms with Crippen LogP contribution in [0.3, 0.4) is 0 Å². The molecule has 0 fully saturated rings. The summed E-state index contributed by atoms with van der Waals surface area (Å²) < 4.78 is 11.2. The molecule has 1 N–H and O–H groups in total. The number of thioether (sulfide) groups is 1. The monoisotopic (exact) mass is 416 g/mol. The van der Waals surface area contributed by atoms with Gasteiger partial charge in [-0.3, -0.25) is 4.79 Å². The predicted molar refractivity (Wildman–Crippen MR) is 120 cm³/mol. The molecule has 0 aliphatic heterocycles. The first-order valence-electron chi connectivity index (χ1n) is 9.33. The van der Waals surface area contributed by atoms with E-state index in [1.807, 2.05) is 73.0 Å². The number of carbonyl (C=O) groups is 1. The molecule has 0 aliphatic carbocycles. The Morgan fingerprint density at radius 2 is 1.73 bits per heavy atom. The number of benzene rings is 3. The number of oxazole rings is 1. The van der Waals surface area contributed by atoms with Crippen LogP contribution in [0.15, 0.2) is 88.3 Å². The third-order valence-electron chi connectivity index (χ3n) is 4.64. The van der Waals surface area contributed by atoms with Crippen LogP contribution >= 0.6 is 11.8 Å². The third-order valence-corrected chi connectivity index (χ3v) is 5.43. The van der Waals surface area contributed by atoms with Crippen molar-refractivity contribution in [3.05, 3.63) is 84.6 Å². The molecule has 150 valence electrons. The van der Waals surface area contributed by atoms with Gasteiger partial charge in [0, 0.05) is 16.0 Å². The number of amides is 1. The number of methoxy groups -OCH3 is 1. The Bertz CT molecular complexity index is 1170. The first-order chi connectivity index (χ1) is 14.7. The molecule has 4 rings (SSSR count). The van der Waals surface area contributed by atoms with E-state index in [9.17, 15) is 4.79 Å². The fourth-order valence-electron chi connectivity index (χ4n) is 3.09. The van der Waals surface area contributed by atoms with Gasteiger partial charge in [0.15, 0.2) is 5.76 Å². The maximum Gasteiger partial charge on any atom is 0.256 e. The van der Waals surface area contributed by atoms with Crippen molar-refractivity contribution in [2.75, 3.05) is 18.7 Å². The van der Waals surface area contributed by atoms with E-state index in [0.29, 0.717) is 22.8 Å². The van der Waals surface area contributed by atoms with Crippen molar-refractivity contribution in [3.63, 3.8) is 0 Å². The quantitative estimate of drug-likeness (QED) is 0.391. The summed E-state index contributed by atoms with van der Waals surface area (Å²) in [5.41, 5.74) is 2.79. The summed E-state index contributed by atoms with van der Waals surface area (Å²) in [4.78, 5) is 18.4. The Hall–Kier alpha value is -3.51. The number of nitrogens with zero attached hydrogens (tertiary/aromatic N) is 1. The van der Waals surface area contributed by atoms with E-state index in [2.05, 4.69) is 10.3 Å². The molecule has 0 aliphatic rings. The van der Waals surface area contributed by atoms with Crippen molar-refractivity contribution in [2.45, 2.75) is 4.90 Å². The Morgan fingerprint density at radius 1 is 1.00 bits per heavy atom. The Balaban J connectivity index is 1.63. The number of ether oxygens (including phenoxy) is 1. The van der Waals surface area contributed by atoms with Gasteiger partial charge in [0.2, 0.25) is 5.89 Å². The molecule has 1 aromatic heterocycles. The number of carbonyl (C=O) groups excluding carboxylic acids is 1. The molecule has 3 aromatic carbocycles. The predicted octanol–water partition coefficient (Wildman–Crippen LogP) is 5.99. The van der Waals surface area contributed by atoms with Crippen LogP contribution < -0.4 is 10.1 Å². The maximum absolute atomic E-state index is 13.0. The molecule has 4 aromatic rings. The second kappa shape index (κ2) is 8.88. The minimum absolute atomic E-state index is 0.212. The Morgan fingerprint density at radius 3 is 2.50 bits per heavy atom. The van der Waals surface area contributed by atoms with Crippen LogP contribution in [0.4, 0.5) is 5.69 Å². The summed E-state index contributed by atoms with van der Waals surface area (Å²) in [5.74, 6) is 1.57. The van der Waals surface area contributed by atoms with E-state index in [4.69, 9.17) is 9.15 Å². The minimum atomic E-state index is -0.212. The van der Waals surface area contributed by atoms with Crippen LogP contribution in [0, 0.1) is 0 Å². The molecule has 6 heteroatoms. The van der Waals surface area contributed by atoms with Gasteiger partial charge in [0.25, 0.3) is 5.91 Å². The zero-order valence-corrected chi connectivity index (χ0v) is 17.4. The third kappa shape index (κ3) is 4.09. The van der Waals surface area contributed by atoms with Crippen molar-refractivity contribution in [3.8, 4) is 28.5 Å². The molecule has 0 spiro atoms. The van der Waals surface area contributed by atoms with Crippen molar-refractivity contribution in [1.82, 2.24) is 4.98 Å². The van der Waals surface area contributed by atoms with E-state index in [0.717, 1.165) is 21.9 Å². The van der Waals surface area contributed by atoms with E-state index in [1.165, 1.54) is 0 Å². The minimum Gasteiger partial charge on any atom is -0.497 e. The maximum atomic E-state index is 13.0. The normalized spacial score (nSPS) is 10.6. The molecule has 0 radical (unpaired) electrons. The highest BCUT2D eigenvalue weighted by Gasteiger charge is 2.18. The summed E-state index contributed by atoms with van der Waals surface area (Å²) in [6.45, 7) is 0. The van der Waals surface area contributed by atoms with Gasteiger partial charge >= 0.3 is 0 Å². The van der Waals surface area contributed by atoms with Gasteiger partial charge < -0.3 is 14.5 Å². The van der Waals surface area contributed by atoms with Crippen LogP contribution in [0.2, 0.25) is 0 Å². The van der Waals surface area contributed by atoms with Crippen molar-refractivity contribution >= 4 is 23.4 Å². The molecule has 1 heterocycles.